The highest BCUT2D eigenvalue weighted by Crippen LogP contribution is 2.26. The Morgan fingerprint density at radius 2 is 2.00 bits per heavy atom. The van der Waals surface area contributed by atoms with Gasteiger partial charge in [-0.15, -0.1) is 0 Å². The van der Waals surface area contributed by atoms with Crippen LogP contribution in [0.3, 0.4) is 0 Å². The zero-order valence-electron chi connectivity index (χ0n) is 9.83. The van der Waals surface area contributed by atoms with Crippen molar-refractivity contribution >= 4 is 5.65 Å². The first-order valence-electron chi connectivity index (χ1n) is 5.58. The zero-order valence-corrected chi connectivity index (χ0v) is 9.83. The van der Waals surface area contributed by atoms with Crippen molar-refractivity contribution in [2.24, 2.45) is 5.92 Å². The molecule has 2 atom stereocenters. The van der Waals surface area contributed by atoms with Crippen LogP contribution in [-0.4, -0.2) is 25.8 Å². The Kier molecular flexibility index (Phi) is 2.92. The van der Waals surface area contributed by atoms with E-state index in [4.69, 9.17) is 0 Å². The first-order chi connectivity index (χ1) is 7.59. The molecule has 86 valence electrons. The fourth-order valence-electron chi connectivity index (χ4n) is 2.16. The van der Waals surface area contributed by atoms with Crippen LogP contribution in [0.4, 0.5) is 0 Å². The van der Waals surface area contributed by atoms with Gasteiger partial charge in [0.2, 0.25) is 0 Å². The Bertz CT molecular complexity index is 468. The van der Waals surface area contributed by atoms with Gasteiger partial charge in [-0.25, -0.2) is 9.50 Å². The van der Waals surface area contributed by atoms with Gasteiger partial charge in [0.25, 0.3) is 0 Å². The van der Waals surface area contributed by atoms with Gasteiger partial charge in [0.1, 0.15) is 0 Å². The Morgan fingerprint density at radius 1 is 1.25 bits per heavy atom. The number of rotatable bonds is 3. The predicted octanol–water partition coefficient (Wildman–Crippen LogP) is 1.85. The molecule has 16 heavy (non-hydrogen) atoms. The van der Waals surface area contributed by atoms with Crippen LogP contribution in [0.2, 0.25) is 0 Å². The summed E-state index contributed by atoms with van der Waals surface area (Å²) < 4.78 is 1.73. The summed E-state index contributed by atoms with van der Waals surface area (Å²) >= 11 is 0. The molecule has 2 rings (SSSR count). The van der Waals surface area contributed by atoms with Gasteiger partial charge in [-0.2, -0.15) is 5.10 Å². The van der Waals surface area contributed by atoms with Crippen molar-refractivity contribution in [1.29, 1.82) is 0 Å². The molecule has 0 aliphatic heterocycles. The second-order valence-corrected chi connectivity index (χ2v) is 4.50. The molecule has 0 amide bonds. The standard InChI is InChI=1S/C12H17N3O/c1-8(2)12(9(3)16)10-5-7-15-11(14-10)4-6-13-15/h4-9,12,16H,1-3H3. The topological polar surface area (TPSA) is 50.4 Å². The quantitative estimate of drug-likeness (QED) is 0.857. The summed E-state index contributed by atoms with van der Waals surface area (Å²) in [6.45, 7) is 6.01. The molecule has 2 aromatic heterocycles. The summed E-state index contributed by atoms with van der Waals surface area (Å²) in [6, 6.07) is 3.79. The SMILES string of the molecule is CC(C)C(c1ccn2nccc2n1)C(C)O. The minimum atomic E-state index is -0.391. The van der Waals surface area contributed by atoms with Crippen molar-refractivity contribution in [2.45, 2.75) is 32.8 Å². The lowest BCUT2D eigenvalue weighted by atomic mass is 9.88. The number of hydrogen-bond donors (Lipinski definition) is 1. The molecule has 0 aliphatic rings. The van der Waals surface area contributed by atoms with E-state index in [9.17, 15) is 5.11 Å². The van der Waals surface area contributed by atoms with E-state index < -0.39 is 6.10 Å². The van der Waals surface area contributed by atoms with Crippen LogP contribution in [0, 0.1) is 5.92 Å². The second-order valence-electron chi connectivity index (χ2n) is 4.50. The molecule has 2 aromatic rings. The molecular weight excluding hydrogens is 202 g/mol. The van der Waals surface area contributed by atoms with Crippen molar-refractivity contribution in [1.82, 2.24) is 14.6 Å². The number of aromatic nitrogens is 3. The number of nitrogens with zero attached hydrogens (tertiary/aromatic N) is 3. The maximum absolute atomic E-state index is 9.80. The lowest BCUT2D eigenvalue weighted by Crippen LogP contribution is -2.21. The van der Waals surface area contributed by atoms with E-state index in [2.05, 4.69) is 23.9 Å². The summed E-state index contributed by atoms with van der Waals surface area (Å²) in [4.78, 5) is 4.52. The van der Waals surface area contributed by atoms with E-state index >= 15 is 0 Å². The van der Waals surface area contributed by atoms with Gasteiger partial charge in [-0.3, -0.25) is 0 Å². The highest BCUT2D eigenvalue weighted by Gasteiger charge is 2.22. The molecule has 4 nitrogen and oxygen atoms in total. The number of fused-ring (bicyclic) bond motifs is 1. The van der Waals surface area contributed by atoms with Crippen LogP contribution in [0.25, 0.3) is 5.65 Å². The average Bonchev–Trinajstić information content (AvgIpc) is 2.63. The fourth-order valence-corrected chi connectivity index (χ4v) is 2.16. The minimum absolute atomic E-state index is 0.0694. The van der Waals surface area contributed by atoms with Crippen molar-refractivity contribution < 1.29 is 5.11 Å². The first-order valence-corrected chi connectivity index (χ1v) is 5.58. The lowest BCUT2D eigenvalue weighted by molar-refractivity contribution is 0.138. The van der Waals surface area contributed by atoms with Crippen molar-refractivity contribution in [3.8, 4) is 0 Å². The number of hydrogen-bond acceptors (Lipinski definition) is 3. The summed E-state index contributed by atoms with van der Waals surface area (Å²) in [5.74, 6) is 0.428. The second kappa shape index (κ2) is 4.22. The van der Waals surface area contributed by atoms with Crippen LogP contribution in [0.5, 0.6) is 0 Å². The van der Waals surface area contributed by atoms with Crippen LogP contribution in [0.15, 0.2) is 24.5 Å². The highest BCUT2D eigenvalue weighted by molar-refractivity contribution is 5.37. The molecule has 0 aromatic carbocycles. The van der Waals surface area contributed by atoms with Crippen molar-refractivity contribution in [3.05, 3.63) is 30.2 Å². The number of aliphatic hydroxyl groups excluding tert-OH is 1. The first kappa shape index (κ1) is 11.1. The van der Waals surface area contributed by atoms with Crippen molar-refractivity contribution in [3.63, 3.8) is 0 Å². The summed E-state index contributed by atoms with van der Waals surface area (Å²) in [6.07, 6.45) is 3.21. The molecule has 0 bridgehead atoms. The third-order valence-corrected chi connectivity index (χ3v) is 2.86. The normalized spacial score (nSPS) is 15.6. The molecule has 2 heterocycles. The number of aliphatic hydroxyl groups is 1. The smallest absolute Gasteiger partial charge is 0.155 e. The molecule has 0 aliphatic carbocycles. The van der Waals surface area contributed by atoms with E-state index in [1.54, 1.807) is 10.7 Å². The molecule has 0 radical (unpaired) electrons. The summed E-state index contributed by atoms with van der Waals surface area (Å²) in [5, 5.41) is 13.9. The average molecular weight is 219 g/mol. The van der Waals surface area contributed by atoms with E-state index in [-0.39, 0.29) is 5.92 Å². The monoisotopic (exact) mass is 219 g/mol. The molecule has 1 N–H and O–H groups in total. The van der Waals surface area contributed by atoms with E-state index in [0.717, 1.165) is 11.3 Å². The van der Waals surface area contributed by atoms with Gasteiger partial charge in [0.15, 0.2) is 5.65 Å². The van der Waals surface area contributed by atoms with Gasteiger partial charge in [0.05, 0.1) is 18.0 Å². The Labute approximate surface area is 94.9 Å². The van der Waals surface area contributed by atoms with Gasteiger partial charge >= 0.3 is 0 Å². The Balaban J connectivity index is 2.44. The van der Waals surface area contributed by atoms with E-state index in [1.807, 2.05) is 25.3 Å². The van der Waals surface area contributed by atoms with Gasteiger partial charge in [-0.05, 0) is 18.9 Å². The molecule has 0 saturated carbocycles. The summed E-state index contributed by atoms with van der Waals surface area (Å²) in [7, 11) is 0. The van der Waals surface area contributed by atoms with Crippen molar-refractivity contribution in [2.75, 3.05) is 0 Å². The Morgan fingerprint density at radius 3 is 2.62 bits per heavy atom. The van der Waals surface area contributed by atoms with Crippen LogP contribution < -0.4 is 0 Å². The molecule has 2 unspecified atom stereocenters. The molecule has 0 spiro atoms. The molecule has 4 heteroatoms. The minimum Gasteiger partial charge on any atom is -0.393 e. The van der Waals surface area contributed by atoms with Gasteiger partial charge < -0.3 is 5.11 Å². The third-order valence-electron chi connectivity index (χ3n) is 2.86. The van der Waals surface area contributed by atoms with Gasteiger partial charge in [-0.1, -0.05) is 13.8 Å². The largest absolute Gasteiger partial charge is 0.393 e. The molecule has 0 saturated heterocycles. The van der Waals surface area contributed by atoms with E-state index in [1.165, 1.54) is 0 Å². The summed E-state index contributed by atoms with van der Waals surface area (Å²) in [5.41, 5.74) is 1.75. The highest BCUT2D eigenvalue weighted by atomic mass is 16.3. The maximum Gasteiger partial charge on any atom is 0.155 e. The molecule has 0 fully saturated rings. The maximum atomic E-state index is 9.80. The zero-order chi connectivity index (χ0) is 11.7. The third kappa shape index (κ3) is 1.93. The predicted molar refractivity (Wildman–Crippen MR) is 62.2 cm³/mol. The van der Waals surface area contributed by atoms with Crippen LogP contribution in [0.1, 0.15) is 32.4 Å². The molecular formula is C12H17N3O. The Hall–Kier alpha value is -1.42. The van der Waals surface area contributed by atoms with Gasteiger partial charge in [0, 0.05) is 18.2 Å². The van der Waals surface area contributed by atoms with Crippen LogP contribution >= 0.6 is 0 Å². The van der Waals surface area contributed by atoms with Crippen LogP contribution in [-0.2, 0) is 0 Å². The fraction of sp³-hybridized carbons (Fsp3) is 0.500. The lowest BCUT2D eigenvalue weighted by Gasteiger charge is -2.23. The van der Waals surface area contributed by atoms with E-state index in [0.29, 0.717) is 5.92 Å².